The van der Waals surface area contributed by atoms with E-state index < -0.39 is 24.4 Å². The van der Waals surface area contributed by atoms with E-state index in [-0.39, 0.29) is 17.8 Å². The first-order chi connectivity index (χ1) is 17.4. The zero-order chi connectivity index (χ0) is 27.1. The summed E-state index contributed by atoms with van der Waals surface area (Å²) >= 11 is 0. The Morgan fingerprint density at radius 2 is 1.05 bits per heavy atom. The molecule has 1 fully saturated rings. The quantitative estimate of drug-likeness (QED) is 0.214. The van der Waals surface area contributed by atoms with Gasteiger partial charge in [0.15, 0.2) is 14.7 Å². The van der Waals surface area contributed by atoms with Crippen molar-refractivity contribution in [1.29, 1.82) is 0 Å². The molecule has 0 aromatic heterocycles. The maximum absolute atomic E-state index is 11.8. The summed E-state index contributed by atoms with van der Waals surface area (Å²) in [5, 5.41) is 0. The van der Waals surface area contributed by atoms with Gasteiger partial charge in [0.05, 0.1) is 17.3 Å². The highest BCUT2D eigenvalue weighted by Gasteiger charge is 2.60. The summed E-state index contributed by atoms with van der Waals surface area (Å²) in [5.74, 6) is -8.58. The number of benzene rings is 3. The molecule has 1 aliphatic carbocycles. The zero-order valence-corrected chi connectivity index (χ0v) is 21.3. The van der Waals surface area contributed by atoms with Crippen LogP contribution in [-0.4, -0.2) is 18.0 Å². The van der Waals surface area contributed by atoms with Crippen LogP contribution < -0.4 is 0 Å². The number of hydrogen-bond donors (Lipinski definition) is 0. The first-order valence-electron chi connectivity index (χ1n) is 12.1. The summed E-state index contributed by atoms with van der Waals surface area (Å²) in [6.07, 6.45) is -1.49. The van der Waals surface area contributed by atoms with Crippen molar-refractivity contribution in [3.8, 4) is 0 Å². The van der Waals surface area contributed by atoms with Crippen LogP contribution in [0.5, 0.6) is 0 Å². The van der Waals surface area contributed by atoms with E-state index in [1.807, 2.05) is 0 Å². The third-order valence-electron chi connectivity index (χ3n) is 6.10. The Balaban J connectivity index is 0.000000270. The van der Waals surface area contributed by atoms with Crippen LogP contribution in [0.25, 0.3) is 0 Å². The highest BCUT2D eigenvalue weighted by molar-refractivity contribution is 7.97. The molecule has 0 saturated heterocycles. The molecule has 4 rings (SSSR count). The lowest BCUT2D eigenvalue weighted by atomic mass is 9.84. The molecule has 1 saturated carbocycles. The molecule has 200 valence electrons. The van der Waals surface area contributed by atoms with Crippen molar-refractivity contribution in [3.63, 3.8) is 0 Å². The van der Waals surface area contributed by atoms with E-state index in [0.717, 1.165) is 5.92 Å². The van der Waals surface area contributed by atoms with E-state index in [1.165, 1.54) is 52.4 Å². The fraction of sp³-hybridized carbons (Fsp3) is 0.379. The maximum Gasteiger partial charge on any atom is 0.453 e. The second kappa shape index (κ2) is 12.4. The molecular weight excluding hydrogens is 513 g/mol. The Labute approximate surface area is 216 Å². The zero-order valence-electron chi connectivity index (χ0n) is 20.5. The number of alkyl halides is 7. The standard InChI is InChI=1S/C24H25S.C5H5F7/c1-4-10-20(11-5-1)21-16-18-24(19-17-21)25(22-12-6-2-7-13-22)23-14-8-3-9-15-23;1-3(6,7)2-4(8,9)5(10,11)12/h2-3,6-9,12-20H,1,4-5,10-11H2;2H2,1H3/q+1;. The van der Waals surface area contributed by atoms with Gasteiger partial charge in [0.1, 0.15) is 0 Å². The summed E-state index contributed by atoms with van der Waals surface area (Å²) < 4.78 is 81.0. The minimum Gasteiger partial charge on any atom is -0.207 e. The normalized spacial score (nSPS) is 15.3. The van der Waals surface area contributed by atoms with E-state index in [9.17, 15) is 30.7 Å². The lowest BCUT2D eigenvalue weighted by molar-refractivity contribution is -0.299. The summed E-state index contributed by atoms with van der Waals surface area (Å²) in [5.41, 5.74) is 1.54. The van der Waals surface area contributed by atoms with Gasteiger partial charge >= 0.3 is 12.1 Å². The molecule has 0 radical (unpaired) electrons. The number of rotatable bonds is 6. The minimum atomic E-state index is -5.91. The van der Waals surface area contributed by atoms with Gasteiger partial charge in [0.2, 0.25) is 0 Å². The summed E-state index contributed by atoms with van der Waals surface area (Å²) in [4.78, 5) is 4.19. The van der Waals surface area contributed by atoms with Gasteiger partial charge in [0.25, 0.3) is 5.92 Å². The number of halogens is 7. The molecule has 8 heteroatoms. The maximum atomic E-state index is 11.8. The van der Waals surface area contributed by atoms with Crippen LogP contribution in [0.1, 0.15) is 56.9 Å². The first kappa shape index (κ1) is 29.1. The van der Waals surface area contributed by atoms with E-state index in [1.54, 1.807) is 0 Å². The van der Waals surface area contributed by atoms with Crippen molar-refractivity contribution in [2.45, 2.75) is 84.1 Å². The smallest absolute Gasteiger partial charge is 0.207 e. The van der Waals surface area contributed by atoms with Crippen molar-refractivity contribution in [2.24, 2.45) is 0 Å². The van der Waals surface area contributed by atoms with Crippen LogP contribution in [0.3, 0.4) is 0 Å². The van der Waals surface area contributed by atoms with Crippen LogP contribution in [0.2, 0.25) is 0 Å². The Bertz CT molecular complexity index is 1030. The molecule has 0 heterocycles. The van der Waals surface area contributed by atoms with Crippen LogP contribution in [0, 0.1) is 0 Å². The van der Waals surface area contributed by atoms with Gasteiger partial charge in [-0.05, 0) is 67.6 Å². The van der Waals surface area contributed by atoms with Gasteiger partial charge in [-0.25, -0.2) is 8.78 Å². The van der Waals surface area contributed by atoms with E-state index in [0.29, 0.717) is 0 Å². The van der Waals surface area contributed by atoms with Crippen molar-refractivity contribution >= 4 is 10.9 Å². The van der Waals surface area contributed by atoms with Gasteiger partial charge < -0.3 is 0 Å². The van der Waals surface area contributed by atoms with Gasteiger partial charge in [-0.15, -0.1) is 0 Å². The highest BCUT2D eigenvalue weighted by Crippen LogP contribution is 2.42. The van der Waals surface area contributed by atoms with Crippen molar-refractivity contribution in [1.82, 2.24) is 0 Å². The number of hydrogen-bond acceptors (Lipinski definition) is 0. The van der Waals surface area contributed by atoms with Crippen LogP contribution >= 0.6 is 0 Å². The highest BCUT2D eigenvalue weighted by atomic mass is 32.2. The molecule has 0 bridgehead atoms. The fourth-order valence-corrected chi connectivity index (χ4v) is 6.41. The Hall–Kier alpha value is -2.48. The lowest BCUT2D eigenvalue weighted by Crippen LogP contribution is -2.40. The van der Waals surface area contributed by atoms with Crippen LogP contribution in [-0.2, 0) is 10.9 Å². The topological polar surface area (TPSA) is 0 Å². The minimum absolute atomic E-state index is 0.00660. The largest absolute Gasteiger partial charge is 0.453 e. The van der Waals surface area contributed by atoms with Gasteiger partial charge in [-0.3, -0.25) is 0 Å². The summed E-state index contributed by atoms with van der Waals surface area (Å²) in [6.45, 7) is 0.00660. The molecule has 0 nitrogen and oxygen atoms in total. The molecule has 3 aromatic carbocycles. The molecule has 0 N–H and O–H groups in total. The van der Waals surface area contributed by atoms with Gasteiger partial charge in [-0.1, -0.05) is 67.8 Å². The second-order valence-corrected chi connectivity index (χ2v) is 11.3. The molecular formula is C29H30F7S+. The van der Waals surface area contributed by atoms with Gasteiger partial charge in [-0.2, -0.15) is 22.0 Å². The molecule has 0 aliphatic heterocycles. The molecule has 0 unspecified atom stereocenters. The molecule has 0 amide bonds. The first-order valence-corrected chi connectivity index (χ1v) is 13.4. The fourth-order valence-electron chi connectivity index (χ4n) is 4.32. The van der Waals surface area contributed by atoms with E-state index >= 15 is 0 Å². The Morgan fingerprint density at radius 1 is 0.622 bits per heavy atom. The predicted octanol–water partition coefficient (Wildman–Crippen LogP) is 10.1. The molecule has 0 atom stereocenters. The van der Waals surface area contributed by atoms with E-state index in [2.05, 4.69) is 84.9 Å². The van der Waals surface area contributed by atoms with Crippen molar-refractivity contribution in [2.75, 3.05) is 0 Å². The van der Waals surface area contributed by atoms with Crippen molar-refractivity contribution in [3.05, 3.63) is 90.5 Å². The monoisotopic (exact) mass is 543 g/mol. The van der Waals surface area contributed by atoms with Crippen molar-refractivity contribution < 1.29 is 30.7 Å². The average Bonchev–Trinajstić information content (AvgIpc) is 2.85. The predicted molar refractivity (Wildman–Crippen MR) is 134 cm³/mol. The summed E-state index contributed by atoms with van der Waals surface area (Å²) in [6, 6.07) is 31.3. The van der Waals surface area contributed by atoms with E-state index in [4.69, 9.17) is 0 Å². The summed E-state index contributed by atoms with van der Waals surface area (Å²) in [7, 11) is -0.0278. The molecule has 1 aliphatic rings. The third kappa shape index (κ3) is 8.52. The van der Waals surface area contributed by atoms with Crippen LogP contribution in [0.15, 0.2) is 99.6 Å². The average molecular weight is 544 g/mol. The molecule has 37 heavy (non-hydrogen) atoms. The Morgan fingerprint density at radius 3 is 1.43 bits per heavy atom. The van der Waals surface area contributed by atoms with Crippen LogP contribution in [0.4, 0.5) is 30.7 Å². The Kier molecular flexibility index (Phi) is 9.73. The SMILES string of the molecule is CC(F)(F)CC(F)(F)C(F)(F)F.c1ccc([S+](c2ccccc2)c2ccc(C3CCCCC3)cc2)cc1. The molecule has 3 aromatic rings. The second-order valence-electron chi connectivity index (χ2n) is 9.29. The van der Waals surface area contributed by atoms with Gasteiger partial charge in [0, 0.05) is 0 Å². The third-order valence-corrected chi connectivity index (χ3v) is 8.33. The molecule has 0 spiro atoms. The lowest BCUT2D eigenvalue weighted by Gasteiger charge is -2.22.